The zero-order valence-electron chi connectivity index (χ0n) is 13.3. The molecule has 0 spiro atoms. The van der Waals surface area contributed by atoms with Gasteiger partial charge in [0, 0.05) is 0 Å². The first-order valence-corrected chi connectivity index (χ1v) is 9.44. The van der Waals surface area contributed by atoms with Crippen LogP contribution in [0.5, 0.6) is 0 Å². The van der Waals surface area contributed by atoms with E-state index in [2.05, 4.69) is 0 Å². The van der Waals surface area contributed by atoms with Crippen molar-refractivity contribution in [1.29, 1.82) is 0 Å². The minimum atomic E-state index is -3.19. The van der Waals surface area contributed by atoms with Crippen LogP contribution >= 0.6 is 7.60 Å². The number of rotatable bonds is 11. The lowest BCUT2D eigenvalue weighted by Gasteiger charge is -2.18. The van der Waals surface area contributed by atoms with Gasteiger partial charge in [0.1, 0.15) is 0 Å². The normalized spacial score (nSPS) is 11.5. The fourth-order valence-corrected chi connectivity index (χ4v) is 3.53. The first-order valence-electron chi connectivity index (χ1n) is 7.71. The van der Waals surface area contributed by atoms with E-state index in [1.807, 2.05) is 13.8 Å². The number of hydrogen-bond donors (Lipinski definition) is 1. The third kappa shape index (κ3) is 6.73. The van der Waals surface area contributed by atoms with E-state index in [4.69, 9.17) is 14.2 Å². The monoisotopic (exact) mass is 328 g/mol. The van der Waals surface area contributed by atoms with Gasteiger partial charge in [-0.15, -0.1) is 0 Å². The summed E-state index contributed by atoms with van der Waals surface area (Å²) in [4.78, 5) is 10.8. The summed E-state index contributed by atoms with van der Waals surface area (Å²) in [5.41, 5.74) is 0.957. The number of carboxylic acids is 1. The molecule has 1 rings (SSSR count). The molecule has 0 aromatic heterocycles. The maximum absolute atomic E-state index is 12.8. The molecule has 1 aromatic rings. The van der Waals surface area contributed by atoms with Crippen LogP contribution in [0, 0.1) is 0 Å². The Morgan fingerprint density at radius 2 is 1.55 bits per heavy atom. The molecule has 0 unspecified atom stereocenters. The topological polar surface area (TPSA) is 72.8 Å². The SMILES string of the molecule is CCCCOP(=O)(Cc1ccc(C(=O)O)cc1)OCCCC. The first-order chi connectivity index (χ1) is 10.5. The van der Waals surface area contributed by atoms with E-state index in [0.717, 1.165) is 31.2 Å². The van der Waals surface area contributed by atoms with E-state index in [1.165, 1.54) is 12.1 Å². The van der Waals surface area contributed by atoms with Crippen molar-refractivity contribution in [3.8, 4) is 0 Å². The maximum Gasteiger partial charge on any atom is 0.335 e. The largest absolute Gasteiger partial charge is 0.478 e. The second-order valence-electron chi connectivity index (χ2n) is 5.14. The highest BCUT2D eigenvalue weighted by atomic mass is 31.2. The van der Waals surface area contributed by atoms with Crippen LogP contribution in [-0.2, 0) is 19.8 Å². The van der Waals surface area contributed by atoms with Crippen molar-refractivity contribution in [2.24, 2.45) is 0 Å². The highest BCUT2D eigenvalue weighted by Gasteiger charge is 2.25. The van der Waals surface area contributed by atoms with Crippen molar-refractivity contribution in [3.05, 3.63) is 35.4 Å². The van der Waals surface area contributed by atoms with Crippen LogP contribution in [-0.4, -0.2) is 24.3 Å². The Morgan fingerprint density at radius 1 is 1.05 bits per heavy atom. The molecule has 0 bridgehead atoms. The van der Waals surface area contributed by atoms with Gasteiger partial charge in [0.25, 0.3) is 0 Å². The number of aromatic carboxylic acids is 1. The fraction of sp³-hybridized carbons (Fsp3) is 0.562. The van der Waals surface area contributed by atoms with Gasteiger partial charge in [0.2, 0.25) is 0 Å². The summed E-state index contributed by atoms with van der Waals surface area (Å²) in [6.07, 6.45) is 3.75. The van der Waals surface area contributed by atoms with Crippen molar-refractivity contribution >= 4 is 13.6 Å². The van der Waals surface area contributed by atoms with Gasteiger partial charge in [-0.3, -0.25) is 4.57 Å². The first kappa shape index (κ1) is 18.9. The van der Waals surface area contributed by atoms with E-state index in [1.54, 1.807) is 12.1 Å². The zero-order valence-corrected chi connectivity index (χ0v) is 14.2. The van der Waals surface area contributed by atoms with Gasteiger partial charge in [-0.2, -0.15) is 0 Å². The van der Waals surface area contributed by atoms with E-state index >= 15 is 0 Å². The Hall–Kier alpha value is -1.16. The van der Waals surface area contributed by atoms with Gasteiger partial charge in [0.05, 0.1) is 24.9 Å². The summed E-state index contributed by atoms with van der Waals surface area (Å²) in [7, 11) is -3.19. The molecule has 22 heavy (non-hydrogen) atoms. The van der Waals surface area contributed by atoms with E-state index in [-0.39, 0.29) is 11.7 Å². The highest BCUT2D eigenvalue weighted by molar-refractivity contribution is 7.53. The van der Waals surface area contributed by atoms with Crippen molar-refractivity contribution in [2.45, 2.75) is 45.7 Å². The molecule has 0 fully saturated rings. The molecule has 6 heteroatoms. The predicted molar refractivity (Wildman–Crippen MR) is 86.4 cm³/mol. The molecule has 0 saturated heterocycles. The molecule has 0 aliphatic heterocycles. The summed E-state index contributed by atoms with van der Waals surface area (Å²) in [6, 6.07) is 6.31. The third-order valence-electron chi connectivity index (χ3n) is 3.15. The van der Waals surface area contributed by atoms with Gasteiger partial charge >= 0.3 is 13.6 Å². The van der Waals surface area contributed by atoms with Crippen LogP contribution in [0.4, 0.5) is 0 Å². The van der Waals surface area contributed by atoms with Crippen LogP contribution in [0.3, 0.4) is 0 Å². The second kappa shape index (κ2) is 9.78. The van der Waals surface area contributed by atoms with Crippen LogP contribution in [0.2, 0.25) is 0 Å². The van der Waals surface area contributed by atoms with Crippen LogP contribution < -0.4 is 0 Å². The van der Waals surface area contributed by atoms with E-state index in [0.29, 0.717) is 13.2 Å². The third-order valence-corrected chi connectivity index (χ3v) is 5.05. The molecule has 0 aliphatic rings. The zero-order chi connectivity index (χ0) is 16.4. The summed E-state index contributed by atoms with van der Waals surface area (Å²) in [6.45, 7) is 4.90. The molecule has 0 aliphatic carbocycles. The van der Waals surface area contributed by atoms with Crippen LogP contribution in [0.25, 0.3) is 0 Å². The average molecular weight is 328 g/mol. The van der Waals surface area contributed by atoms with Crippen molar-refractivity contribution < 1.29 is 23.5 Å². The van der Waals surface area contributed by atoms with E-state index in [9.17, 15) is 9.36 Å². The van der Waals surface area contributed by atoms with Gasteiger partial charge in [-0.05, 0) is 30.5 Å². The highest BCUT2D eigenvalue weighted by Crippen LogP contribution is 2.51. The molecule has 1 aromatic carbocycles. The number of benzene rings is 1. The van der Waals surface area contributed by atoms with Gasteiger partial charge in [-0.25, -0.2) is 4.79 Å². The molecule has 1 N–H and O–H groups in total. The Balaban J connectivity index is 2.73. The lowest BCUT2D eigenvalue weighted by molar-refractivity contribution is 0.0697. The van der Waals surface area contributed by atoms with Gasteiger partial charge in [-0.1, -0.05) is 38.8 Å². The predicted octanol–water partition coefficient (Wildman–Crippen LogP) is 4.71. The summed E-state index contributed by atoms with van der Waals surface area (Å²) in [5.74, 6) is -0.979. The Labute approximate surface area is 132 Å². The molecule has 0 heterocycles. The lowest BCUT2D eigenvalue weighted by atomic mass is 10.1. The Bertz CT molecular complexity index is 484. The van der Waals surface area contributed by atoms with Crippen LogP contribution in [0.1, 0.15) is 55.5 Å². The van der Waals surface area contributed by atoms with Gasteiger partial charge < -0.3 is 14.2 Å². The Morgan fingerprint density at radius 3 is 1.95 bits per heavy atom. The molecule has 0 radical (unpaired) electrons. The number of hydrogen-bond acceptors (Lipinski definition) is 4. The molecule has 0 amide bonds. The molecular formula is C16H25O5P. The number of carbonyl (C=O) groups is 1. The fourth-order valence-electron chi connectivity index (χ4n) is 1.80. The van der Waals surface area contributed by atoms with Crippen LogP contribution in [0.15, 0.2) is 24.3 Å². The lowest BCUT2D eigenvalue weighted by Crippen LogP contribution is -2.03. The van der Waals surface area contributed by atoms with Crippen molar-refractivity contribution in [2.75, 3.05) is 13.2 Å². The minimum Gasteiger partial charge on any atom is -0.478 e. The minimum absolute atomic E-state index is 0.167. The molecular weight excluding hydrogens is 303 g/mol. The summed E-state index contributed by atoms with van der Waals surface area (Å²) < 4.78 is 23.8. The average Bonchev–Trinajstić information content (AvgIpc) is 2.48. The second-order valence-corrected chi connectivity index (χ2v) is 7.20. The van der Waals surface area contributed by atoms with Crippen molar-refractivity contribution in [3.63, 3.8) is 0 Å². The molecule has 0 saturated carbocycles. The summed E-state index contributed by atoms with van der Waals surface area (Å²) >= 11 is 0. The van der Waals surface area contributed by atoms with Gasteiger partial charge in [0.15, 0.2) is 0 Å². The van der Waals surface area contributed by atoms with Crippen molar-refractivity contribution in [1.82, 2.24) is 0 Å². The smallest absolute Gasteiger partial charge is 0.335 e. The maximum atomic E-state index is 12.8. The number of carboxylic acid groups (broad SMARTS) is 1. The molecule has 0 atom stereocenters. The van der Waals surface area contributed by atoms with E-state index < -0.39 is 13.6 Å². The Kier molecular flexibility index (Phi) is 8.39. The summed E-state index contributed by atoms with van der Waals surface area (Å²) in [5, 5.41) is 8.89. The molecule has 5 nitrogen and oxygen atoms in total. The molecule has 124 valence electrons. The number of unbranched alkanes of at least 4 members (excludes halogenated alkanes) is 2. The standard InChI is InChI=1S/C16H25O5P/c1-3-5-11-20-22(19,21-12-6-4-2)13-14-7-9-15(10-8-14)16(17)18/h7-10H,3-6,11-13H2,1-2H3,(H,17,18). The quantitative estimate of drug-likeness (QED) is 0.470.